The van der Waals surface area contributed by atoms with Gasteiger partial charge in [-0.15, -0.1) is 0 Å². The number of hydrogen-bond donors (Lipinski definition) is 1. The zero-order chi connectivity index (χ0) is 16.0. The molecule has 7 nitrogen and oxygen atoms in total. The van der Waals surface area contributed by atoms with E-state index in [1.807, 2.05) is 0 Å². The lowest BCUT2D eigenvalue weighted by atomic mass is 10.2. The van der Waals surface area contributed by atoms with Crippen LogP contribution in [-0.4, -0.2) is 63.4 Å². The summed E-state index contributed by atoms with van der Waals surface area (Å²) in [7, 11) is -2.00. The number of hydrogen-bond acceptors (Lipinski definition) is 5. The molecule has 0 aromatic heterocycles. The van der Waals surface area contributed by atoms with Crippen molar-refractivity contribution in [2.75, 3.05) is 33.1 Å². The van der Waals surface area contributed by atoms with Crippen LogP contribution >= 0.6 is 0 Å². The van der Waals surface area contributed by atoms with Gasteiger partial charge in [-0.2, -0.15) is 0 Å². The first-order valence-corrected chi connectivity index (χ1v) is 7.95. The van der Waals surface area contributed by atoms with E-state index in [0.717, 1.165) is 11.2 Å². The van der Waals surface area contributed by atoms with E-state index in [1.165, 1.54) is 31.4 Å². The quantitative estimate of drug-likeness (QED) is 0.774. The molecule has 1 rings (SSSR count). The van der Waals surface area contributed by atoms with E-state index < -0.39 is 28.3 Å². The SMILES string of the molecule is COCCN(CC(=O)O)C(=O)c1cccc(S(C)(=O)=O)c1. The smallest absolute Gasteiger partial charge is 0.323 e. The Morgan fingerprint density at radius 2 is 2.00 bits per heavy atom. The van der Waals surface area contributed by atoms with Gasteiger partial charge in [-0.05, 0) is 18.2 Å². The number of rotatable bonds is 7. The van der Waals surface area contributed by atoms with Crippen molar-refractivity contribution in [1.82, 2.24) is 4.90 Å². The second-order valence-electron chi connectivity index (χ2n) is 4.41. The summed E-state index contributed by atoms with van der Waals surface area (Å²) in [4.78, 5) is 24.2. The fourth-order valence-electron chi connectivity index (χ4n) is 1.66. The Bertz CT molecular complexity index is 625. The Morgan fingerprint density at radius 3 is 2.52 bits per heavy atom. The number of nitrogens with zero attached hydrogens (tertiary/aromatic N) is 1. The molecule has 1 amide bonds. The summed E-state index contributed by atoms with van der Waals surface area (Å²) in [6.07, 6.45) is 1.04. The summed E-state index contributed by atoms with van der Waals surface area (Å²) in [5, 5.41) is 8.83. The lowest BCUT2D eigenvalue weighted by molar-refractivity contribution is -0.137. The first-order valence-electron chi connectivity index (χ1n) is 6.06. The number of amides is 1. The topological polar surface area (TPSA) is 101 Å². The van der Waals surface area contributed by atoms with Gasteiger partial charge < -0.3 is 14.7 Å². The van der Waals surface area contributed by atoms with Crippen molar-refractivity contribution < 1.29 is 27.9 Å². The molecule has 0 aliphatic heterocycles. The molecule has 0 unspecified atom stereocenters. The minimum Gasteiger partial charge on any atom is -0.480 e. The van der Waals surface area contributed by atoms with Crippen LogP contribution in [-0.2, 0) is 19.4 Å². The maximum atomic E-state index is 12.3. The third-order valence-electron chi connectivity index (χ3n) is 2.69. The Morgan fingerprint density at radius 1 is 1.33 bits per heavy atom. The molecule has 0 heterocycles. The van der Waals surface area contributed by atoms with Gasteiger partial charge in [0.05, 0.1) is 11.5 Å². The average Bonchev–Trinajstić information content (AvgIpc) is 2.41. The molecular formula is C13H17NO6S. The van der Waals surface area contributed by atoms with Gasteiger partial charge in [-0.1, -0.05) is 6.07 Å². The van der Waals surface area contributed by atoms with Crippen molar-refractivity contribution in [3.63, 3.8) is 0 Å². The van der Waals surface area contributed by atoms with E-state index in [1.54, 1.807) is 0 Å². The number of carbonyl (C=O) groups is 2. The van der Waals surface area contributed by atoms with Gasteiger partial charge in [0.2, 0.25) is 0 Å². The van der Waals surface area contributed by atoms with E-state index in [2.05, 4.69) is 0 Å². The summed E-state index contributed by atoms with van der Waals surface area (Å²) >= 11 is 0. The molecule has 8 heteroatoms. The van der Waals surface area contributed by atoms with E-state index in [0.29, 0.717) is 0 Å². The molecule has 1 aromatic rings. The maximum absolute atomic E-state index is 12.3. The van der Waals surface area contributed by atoms with Crippen LogP contribution in [0.2, 0.25) is 0 Å². The predicted octanol–water partition coefficient (Wildman–Crippen LogP) is 0.263. The number of methoxy groups -OCH3 is 1. The number of sulfone groups is 1. The first kappa shape index (κ1) is 17.1. The summed E-state index contributed by atoms with van der Waals surface area (Å²) < 4.78 is 27.8. The molecule has 0 saturated heterocycles. The van der Waals surface area contributed by atoms with Gasteiger partial charge in [0, 0.05) is 25.5 Å². The average molecular weight is 315 g/mol. The molecule has 0 aliphatic carbocycles. The van der Waals surface area contributed by atoms with Crippen LogP contribution in [0.4, 0.5) is 0 Å². The minimum absolute atomic E-state index is 0.00960. The monoisotopic (exact) mass is 315 g/mol. The molecule has 0 radical (unpaired) electrons. The number of carbonyl (C=O) groups excluding carboxylic acids is 1. The molecule has 0 aliphatic rings. The van der Waals surface area contributed by atoms with Gasteiger partial charge in [-0.3, -0.25) is 9.59 Å². The Hall–Kier alpha value is -1.93. The lowest BCUT2D eigenvalue weighted by Crippen LogP contribution is -2.38. The number of carboxylic acid groups (broad SMARTS) is 1. The van der Waals surface area contributed by atoms with Gasteiger partial charge in [0.1, 0.15) is 6.54 Å². The van der Waals surface area contributed by atoms with Gasteiger partial charge in [-0.25, -0.2) is 8.42 Å². The maximum Gasteiger partial charge on any atom is 0.323 e. The van der Waals surface area contributed by atoms with Crippen molar-refractivity contribution >= 4 is 21.7 Å². The first-order chi connectivity index (χ1) is 9.75. The van der Waals surface area contributed by atoms with Crippen molar-refractivity contribution in [3.8, 4) is 0 Å². The minimum atomic E-state index is -3.44. The molecular weight excluding hydrogens is 298 g/mol. The van der Waals surface area contributed by atoms with Crippen LogP contribution in [0.1, 0.15) is 10.4 Å². The highest BCUT2D eigenvalue weighted by Gasteiger charge is 2.19. The Kier molecular flexibility index (Phi) is 5.86. The molecule has 0 atom stereocenters. The molecule has 0 spiro atoms. The van der Waals surface area contributed by atoms with Crippen molar-refractivity contribution in [2.24, 2.45) is 0 Å². The van der Waals surface area contributed by atoms with E-state index >= 15 is 0 Å². The number of aliphatic carboxylic acids is 1. The predicted molar refractivity (Wildman–Crippen MR) is 75.0 cm³/mol. The van der Waals surface area contributed by atoms with Crippen LogP contribution in [0.15, 0.2) is 29.2 Å². The molecule has 0 bridgehead atoms. The molecule has 1 N–H and O–H groups in total. The highest BCUT2D eigenvalue weighted by atomic mass is 32.2. The second kappa shape index (κ2) is 7.19. The van der Waals surface area contributed by atoms with Gasteiger partial charge in [0.25, 0.3) is 5.91 Å². The standard InChI is InChI=1S/C13H17NO6S/c1-20-7-6-14(9-12(15)16)13(17)10-4-3-5-11(8-10)21(2,18)19/h3-5,8H,6-7,9H2,1-2H3,(H,15,16). The van der Waals surface area contributed by atoms with Crippen LogP contribution in [0.25, 0.3) is 0 Å². The summed E-state index contributed by atoms with van der Waals surface area (Å²) in [5.41, 5.74) is 0.121. The summed E-state index contributed by atoms with van der Waals surface area (Å²) in [6.45, 7) is -0.194. The van der Waals surface area contributed by atoms with Crippen LogP contribution in [0, 0.1) is 0 Å². The normalized spacial score (nSPS) is 11.1. The number of ether oxygens (including phenoxy) is 1. The second-order valence-corrected chi connectivity index (χ2v) is 6.43. The fraction of sp³-hybridized carbons (Fsp3) is 0.385. The molecule has 1 aromatic carbocycles. The van der Waals surface area contributed by atoms with Crippen molar-refractivity contribution in [1.29, 1.82) is 0 Å². The van der Waals surface area contributed by atoms with Gasteiger partial charge >= 0.3 is 5.97 Å². The van der Waals surface area contributed by atoms with Crippen LogP contribution in [0.5, 0.6) is 0 Å². The van der Waals surface area contributed by atoms with Crippen LogP contribution in [0.3, 0.4) is 0 Å². The molecule has 116 valence electrons. The summed E-state index contributed by atoms with van der Waals surface area (Å²) in [6, 6.07) is 5.50. The van der Waals surface area contributed by atoms with Gasteiger partial charge in [0.15, 0.2) is 9.84 Å². The van der Waals surface area contributed by atoms with E-state index in [-0.39, 0.29) is 23.6 Å². The third-order valence-corrected chi connectivity index (χ3v) is 3.80. The summed E-state index contributed by atoms with van der Waals surface area (Å²) in [5.74, 6) is -1.71. The zero-order valence-corrected chi connectivity index (χ0v) is 12.6. The third kappa shape index (κ3) is 5.16. The van der Waals surface area contributed by atoms with Crippen molar-refractivity contribution in [3.05, 3.63) is 29.8 Å². The molecule has 21 heavy (non-hydrogen) atoms. The van der Waals surface area contributed by atoms with E-state index in [4.69, 9.17) is 9.84 Å². The fourth-order valence-corrected chi connectivity index (χ4v) is 2.33. The molecule has 0 saturated carbocycles. The highest BCUT2D eigenvalue weighted by Crippen LogP contribution is 2.13. The Labute approximate surface area is 123 Å². The zero-order valence-electron chi connectivity index (χ0n) is 11.8. The molecule has 0 fully saturated rings. The number of carboxylic acids is 1. The Balaban J connectivity index is 3.05. The van der Waals surface area contributed by atoms with Crippen molar-refractivity contribution in [2.45, 2.75) is 4.90 Å². The highest BCUT2D eigenvalue weighted by molar-refractivity contribution is 7.90. The van der Waals surface area contributed by atoms with Crippen LogP contribution < -0.4 is 0 Å². The number of benzene rings is 1. The van der Waals surface area contributed by atoms with E-state index in [9.17, 15) is 18.0 Å². The largest absolute Gasteiger partial charge is 0.480 e. The lowest BCUT2D eigenvalue weighted by Gasteiger charge is -2.20.